The summed E-state index contributed by atoms with van der Waals surface area (Å²) in [7, 11) is 1.63. The third-order valence-electron chi connectivity index (χ3n) is 5.79. The minimum Gasteiger partial charge on any atom is -0.497 e. The number of carbonyl (C=O) groups excluding carboxylic acids is 1. The maximum atomic E-state index is 12.6. The summed E-state index contributed by atoms with van der Waals surface area (Å²) in [5.41, 5.74) is 2.07. The third-order valence-corrected chi connectivity index (χ3v) is 5.79. The smallest absolute Gasteiger partial charge is 0.260 e. The Kier molecular flexibility index (Phi) is 7.24. The van der Waals surface area contributed by atoms with Crippen LogP contribution < -0.4 is 9.47 Å². The second-order valence-electron chi connectivity index (χ2n) is 8.41. The standard InChI is InChI=1S/C25H30N4O4/c1-18(2)20-5-4-6-22(15-20)32-17-24(30)29-13-11-28(12-14-29)16-23-26-25(27-33-23)19-7-9-21(31-3)10-8-19/h4-10,15,18H,11-14,16-17H2,1-3H3. The van der Waals surface area contributed by atoms with E-state index in [0.29, 0.717) is 37.3 Å². The first-order valence-electron chi connectivity index (χ1n) is 11.2. The van der Waals surface area contributed by atoms with E-state index in [1.165, 1.54) is 5.56 Å². The molecule has 0 bridgehead atoms. The lowest BCUT2D eigenvalue weighted by atomic mass is 10.0. The van der Waals surface area contributed by atoms with E-state index in [2.05, 4.69) is 35.0 Å². The van der Waals surface area contributed by atoms with E-state index in [0.717, 1.165) is 30.2 Å². The fraction of sp³-hybridized carbons (Fsp3) is 0.400. The van der Waals surface area contributed by atoms with Gasteiger partial charge in [-0.15, -0.1) is 0 Å². The molecule has 1 saturated heterocycles. The van der Waals surface area contributed by atoms with Crippen molar-refractivity contribution in [1.82, 2.24) is 19.9 Å². The predicted molar refractivity (Wildman–Crippen MR) is 124 cm³/mol. The number of methoxy groups -OCH3 is 1. The normalized spacial score (nSPS) is 14.5. The molecule has 2 aromatic carbocycles. The summed E-state index contributed by atoms with van der Waals surface area (Å²) in [4.78, 5) is 21.2. The Bertz CT molecular complexity index is 1060. The van der Waals surface area contributed by atoms with E-state index in [4.69, 9.17) is 14.0 Å². The van der Waals surface area contributed by atoms with Crippen LogP contribution in [0.4, 0.5) is 0 Å². The Morgan fingerprint density at radius 2 is 1.82 bits per heavy atom. The van der Waals surface area contributed by atoms with Crippen molar-refractivity contribution >= 4 is 5.91 Å². The van der Waals surface area contributed by atoms with E-state index in [1.54, 1.807) is 7.11 Å². The van der Waals surface area contributed by atoms with Gasteiger partial charge in [0.05, 0.1) is 13.7 Å². The molecule has 174 valence electrons. The molecule has 3 aromatic rings. The van der Waals surface area contributed by atoms with E-state index < -0.39 is 0 Å². The second kappa shape index (κ2) is 10.5. The Morgan fingerprint density at radius 1 is 1.06 bits per heavy atom. The molecule has 1 aromatic heterocycles. The molecule has 0 radical (unpaired) electrons. The molecule has 0 spiro atoms. The van der Waals surface area contributed by atoms with Crippen molar-refractivity contribution in [3.05, 3.63) is 60.0 Å². The summed E-state index contributed by atoms with van der Waals surface area (Å²) in [5.74, 6) is 3.06. The van der Waals surface area contributed by atoms with E-state index in [1.807, 2.05) is 47.4 Å². The van der Waals surface area contributed by atoms with Gasteiger partial charge in [0.1, 0.15) is 11.5 Å². The number of ether oxygens (including phenoxy) is 2. The number of benzene rings is 2. The van der Waals surface area contributed by atoms with Gasteiger partial charge in [-0.1, -0.05) is 31.1 Å². The summed E-state index contributed by atoms with van der Waals surface area (Å²) in [5, 5.41) is 4.09. The van der Waals surface area contributed by atoms with Gasteiger partial charge < -0.3 is 18.9 Å². The van der Waals surface area contributed by atoms with Gasteiger partial charge >= 0.3 is 0 Å². The van der Waals surface area contributed by atoms with Gasteiger partial charge in [0.25, 0.3) is 5.91 Å². The largest absolute Gasteiger partial charge is 0.497 e. The number of amides is 1. The lowest BCUT2D eigenvalue weighted by Gasteiger charge is -2.33. The first-order chi connectivity index (χ1) is 16.0. The van der Waals surface area contributed by atoms with Crippen LogP contribution in [0.2, 0.25) is 0 Å². The van der Waals surface area contributed by atoms with E-state index >= 15 is 0 Å². The lowest BCUT2D eigenvalue weighted by Crippen LogP contribution is -2.49. The summed E-state index contributed by atoms with van der Waals surface area (Å²) in [6.07, 6.45) is 0. The fourth-order valence-electron chi connectivity index (χ4n) is 3.72. The predicted octanol–water partition coefficient (Wildman–Crippen LogP) is 3.59. The zero-order valence-corrected chi connectivity index (χ0v) is 19.4. The quantitative estimate of drug-likeness (QED) is 0.519. The van der Waals surface area contributed by atoms with Gasteiger partial charge in [0, 0.05) is 31.7 Å². The summed E-state index contributed by atoms with van der Waals surface area (Å²) < 4.78 is 16.4. The van der Waals surface area contributed by atoms with Crippen LogP contribution in [0, 0.1) is 0 Å². The van der Waals surface area contributed by atoms with Gasteiger partial charge in [-0.2, -0.15) is 4.98 Å². The van der Waals surface area contributed by atoms with Gasteiger partial charge in [0.15, 0.2) is 6.61 Å². The molecule has 8 nitrogen and oxygen atoms in total. The highest BCUT2D eigenvalue weighted by Gasteiger charge is 2.23. The van der Waals surface area contributed by atoms with Gasteiger partial charge in [-0.25, -0.2) is 0 Å². The molecule has 0 N–H and O–H groups in total. The Hall–Kier alpha value is -3.39. The number of piperazine rings is 1. The van der Waals surface area contributed by atoms with Crippen LogP contribution in [-0.4, -0.2) is 65.7 Å². The van der Waals surface area contributed by atoms with Crippen molar-refractivity contribution in [2.45, 2.75) is 26.3 Å². The van der Waals surface area contributed by atoms with Crippen LogP contribution >= 0.6 is 0 Å². The maximum Gasteiger partial charge on any atom is 0.260 e. The molecular formula is C25H30N4O4. The van der Waals surface area contributed by atoms with Crippen molar-refractivity contribution in [2.75, 3.05) is 39.9 Å². The van der Waals surface area contributed by atoms with Crippen molar-refractivity contribution in [1.29, 1.82) is 0 Å². The Labute approximate surface area is 194 Å². The van der Waals surface area contributed by atoms with Gasteiger partial charge in [-0.3, -0.25) is 9.69 Å². The van der Waals surface area contributed by atoms with Crippen molar-refractivity contribution in [3.8, 4) is 22.9 Å². The van der Waals surface area contributed by atoms with E-state index in [9.17, 15) is 4.79 Å². The van der Waals surface area contributed by atoms with Crippen LogP contribution in [0.1, 0.15) is 31.2 Å². The number of hydrogen-bond acceptors (Lipinski definition) is 7. The second-order valence-corrected chi connectivity index (χ2v) is 8.41. The number of rotatable bonds is 8. The van der Waals surface area contributed by atoms with Crippen LogP contribution in [0.25, 0.3) is 11.4 Å². The average molecular weight is 451 g/mol. The molecule has 1 amide bonds. The molecule has 8 heteroatoms. The molecule has 0 saturated carbocycles. The van der Waals surface area contributed by atoms with Crippen LogP contribution in [-0.2, 0) is 11.3 Å². The molecule has 4 rings (SSSR count). The minimum absolute atomic E-state index is 0.00387. The molecule has 33 heavy (non-hydrogen) atoms. The first-order valence-corrected chi connectivity index (χ1v) is 11.2. The highest BCUT2D eigenvalue weighted by molar-refractivity contribution is 5.77. The zero-order valence-electron chi connectivity index (χ0n) is 19.4. The van der Waals surface area contributed by atoms with Gasteiger partial charge in [0.2, 0.25) is 11.7 Å². The molecule has 0 unspecified atom stereocenters. The highest BCUT2D eigenvalue weighted by atomic mass is 16.5. The van der Waals surface area contributed by atoms with Crippen LogP contribution in [0.3, 0.4) is 0 Å². The summed E-state index contributed by atoms with van der Waals surface area (Å²) in [6, 6.07) is 15.5. The topological polar surface area (TPSA) is 80.9 Å². The Morgan fingerprint density at radius 3 is 2.52 bits per heavy atom. The summed E-state index contributed by atoms with van der Waals surface area (Å²) >= 11 is 0. The summed E-state index contributed by atoms with van der Waals surface area (Å²) in [6.45, 7) is 7.67. The van der Waals surface area contributed by atoms with Crippen molar-refractivity contribution in [3.63, 3.8) is 0 Å². The molecule has 2 heterocycles. The van der Waals surface area contributed by atoms with Crippen LogP contribution in [0.5, 0.6) is 11.5 Å². The van der Waals surface area contributed by atoms with E-state index in [-0.39, 0.29) is 12.5 Å². The fourth-order valence-corrected chi connectivity index (χ4v) is 3.72. The zero-order chi connectivity index (χ0) is 23.2. The SMILES string of the molecule is COc1ccc(-c2noc(CN3CCN(C(=O)COc4cccc(C(C)C)c4)CC3)n2)cc1. The number of carbonyl (C=O) groups is 1. The first kappa shape index (κ1) is 22.8. The molecule has 0 aliphatic carbocycles. The highest BCUT2D eigenvalue weighted by Crippen LogP contribution is 2.21. The lowest BCUT2D eigenvalue weighted by molar-refractivity contribution is -0.135. The van der Waals surface area contributed by atoms with Gasteiger partial charge in [-0.05, 0) is 47.9 Å². The average Bonchev–Trinajstić information content (AvgIpc) is 3.31. The molecular weight excluding hydrogens is 420 g/mol. The van der Waals surface area contributed by atoms with Crippen molar-refractivity contribution < 1.29 is 18.8 Å². The Balaban J connectivity index is 1.24. The number of nitrogens with zero attached hydrogens (tertiary/aromatic N) is 4. The molecule has 1 fully saturated rings. The maximum absolute atomic E-state index is 12.6. The third kappa shape index (κ3) is 5.90. The molecule has 1 aliphatic rings. The minimum atomic E-state index is 0.00387. The molecule has 0 atom stereocenters. The van der Waals surface area contributed by atoms with Crippen molar-refractivity contribution in [2.24, 2.45) is 0 Å². The number of aromatic nitrogens is 2. The monoisotopic (exact) mass is 450 g/mol. The van der Waals surface area contributed by atoms with Crippen LogP contribution in [0.15, 0.2) is 53.1 Å². The molecule has 1 aliphatic heterocycles. The number of hydrogen-bond donors (Lipinski definition) is 0.